The van der Waals surface area contributed by atoms with Gasteiger partial charge in [-0.05, 0) is 55.2 Å². The predicted molar refractivity (Wildman–Crippen MR) is 105 cm³/mol. The van der Waals surface area contributed by atoms with E-state index in [0.717, 1.165) is 24.8 Å². The Morgan fingerprint density at radius 3 is 2.48 bits per heavy atom. The molecule has 1 aromatic carbocycles. The largest absolute Gasteiger partial charge is 0.334 e. The number of hydrogen-bond donors (Lipinski definition) is 1. The predicted octanol–water partition coefficient (Wildman–Crippen LogP) is 2.69. The lowest BCUT2D eigenvalue weighted by atomic mass is 9.77. The first kappa shape index (κ1) is 19.2. The molecule has 2 aliphatic rings. The Morgan fingerprint density at radius 1 is 1.07 bits per heavy atom. The van der Waals surface area contributed by atoms with E-state index in [1.54, 1.807) is 42.7 Å². The number of rotatable bonds is 4. The molecule has 9 heteroatoms. The minimum atomic E-state index is -0.522. The maximum absolute atomic E-state index is 12.8. The summed E-state index contributed by atoms with van der Waals surface area (Å²) in [6.07, 6.45) is 5.96. The molecule has 1 fully saturated rings. The van der Waals surface area contributed by atoms with Crippen LogP contribution in [-0.4, -0.2) is 31.8 Å². The van der Waals surface area contributed by atoms with Crippen LogP contribution in [0.15, 0.2) is 47.2 Å². The van der Waals surface area contributed by atoms with Crippen molar-refractivity contribution in [1.82, 2.24) is 20.0 Å². The Balaban J connectivity index is 0.00000205. The molecule has 1 aliphatic heterocycles. The third kappa shape index (κ3) is 3.10. The summed E-state index contributed by atoms with van der Waals surface area (Å²) < 4.78 is 5.36. The van der Waals surface area contributed by atoms with E-state index < -0.39 is 5.54 Å². The zero-order valence-corrected chi connectivity index (χ0v) is 16.2. The summed E-state index contributed by atoms with van der Waals surface area (Å²) in [5.41, 5.74) is 7.85. The number of carbonyl (C=O) groups excluding carboxylic acids is 2. The van der Waals surface area contributed by atoms with Crippen LogP contribution in [0.25, 0.3) is 11.5 Å². The number of carbonyl (C=O) groups is 2. The highest BCUT2D eigenvalue weighted by molar-refractivity contribution is 6.21. The molecule has 1 aliphatic carbocycles. The van der Waals surface area contributed by atoms with Gasteiger partial charge in [-0.25, -0.2) is 0 Å². The molecule has 8 nitrogen and oxygen atoms in total. The zero-order chi connectivity index (χ0) is 19.3. The average Bonchev–Trinajstić information content (AvgIpc) is 3.27. The summed E-state index contributed by atoms with van der Waals surface area (Å²) in [4.78, 5) is 35.1. The number of imide groups is 1. The highest BCUT2D eigenvalue weighted by Crippen LogP contribution is 2.38. The van der Waals surface area contributed by atoms with Crippen LogP contribution < -0.4 is 5.73 Å². The molecule has 5 rings (SSSR count). The van der Waals surface area contributed by atoms with E-state index in [4.69, 9.17) is 10.3 Å². The monoisotopic (exact) mass is 411 g/mol. The van der Waals surface area contributed by atoms with Crippen LogP contribution in [0.3, 0.4) is 0 Å². The number of amides is 2. The van der Waals surface area contributed by atoms with Gasteiger partial charge in [0.1, 0.15) is 0 Å². The van der Waals surface area contributed by atoms with E-state index in [-0.39, 0.29) is 30.8 Å². The molecule has 0 unspecified atom stereocenters. The molecule has 0 radical (unpaired) electrons. The van der Waals surface area contributed by atoms with Crippen molar-refractivity contribution in [3.05, 3.63) is 65.2 Å². The molecule has 3 aromatic rings. The Labute approximate surface area is 172 Å². The summed E-state index contributed by atoms with van der Waals surface area (Å²) in [5, 5.41) is 4.01. The molecule has 0 saturated heterocycles. The van der Waals surface area contributed by atoms with Crippen LogP contribution in [0, 0.1) is 0 Å². The fourth-order valence-corrected chi connectivity index (χ4v) is 3.56. The number of aromatic nitrogens is 3. The minimum absolute atomic E-state index is 0. The lowest BCUT2D eigenvalue weighted by Crippen LogP contribution is -2.44. The van der Waals surface area contributed by atoms with E-state index in [1.165, 1.54) is 4.90 Å². The topological polar surface area (TPSA) is 115 Å². The van der Waals surface area contributed by atoms with Gasteiger partial charge in [0, 0.05) is 18.0 Å². The van der Waals surface area contributed by atoms with Crippen LogP contribution in [0.1, 0.15) is 51.4 Å². The van der Waals surface area contributed by atoms with Crippen LogP contribution >= 0.6 is 12.4 Å². The van der Waals surface area contributed by atoms with Gasteiger partial charge in [-0.2, -0.15) is 4.98 Å². The first-order valence-corrected chi connectivity index (χ1v) is 9.08. The smallest absolute Gasteiger partial charge is 0.261 e. The van der Waals surface area contributed by atoms with Crippen LogP contribution in [0.5, 0.6) is 0 Å². The summed E-state index contributed by atoms with van der Waals surface area (Å²) in [6.45, 7) is 0.199. The number of fused-ring (bicyclic) bond motifs is 1. The summed E-state index contributed by atoms with van der Waals surface area (Å²) in [7, 11) is 0. The molecule has 0 spiro atoms. The zero-order valence-electron chi connectivity index (χ0n) is 15.4. The van der Waals surface area contributed by atoms with Gasteiger partial charge < -0.3 is 10.3 Å². The Hall–Kier alpha value is -3.10. The van der Waals surface area contributed by atoms with E-state index in [2.05, 4.69) is 15.1 Å². The average molecular weight is 412 g/mol. The first-order chi connectivity index (χ1) is 13.5. The summed E-state index contributed by atoms with van der Waals surface area (Å²) >= 11 is 0. The third-order valence-electron chi connectivity index (χ3n) is 5.42. The molecule has 2 aromatic heterocycles. The fourth-order valence-electron chi connectivity index (χ4n) is 3.56. The van der Waals surface area contributed by atoms with Gasteiger partial charge in [-0.3, -0.25) is 19.5 Å². The standard InChI is InChI=1S/C20H17N5O3.ClH/c21-20(6-1-7-20)19-23-16(28-24-19)13-2-3-14-15(10-13)18(27)25(17(14)26)11-12-4-8-22-9-5-12;/h2-5,8-10H,1,6-7,11,21H2;1H. The van der Waals surface area contributed by atoms with E-state index in [0.29, 0.717) is 28.4 Å². The maximum Gasteiger partial charge on any atom is 0.261 e. The second kappa shape index (κ2) is 7.06. The van der Waals surface area contributed by atoms with Crippen LogP contribution in [0.4, 0.5) is 0 Å². The Morgan fingerprint density at radius 2 is 1.79 bits per heavy atom. The van der Waals surface area contributed by atoms with Gasteiger partial charge in [-0.1, -0.05) is 5.16 Å². The molecule has 148 valence electrons. The number of halogens is 1. The van der Waals surface area contributed by atoms with Gasteiger partial charge in [0.15, 0.2) is 5.82 Å². The Bertz CT molecular complexity index is 1090. The molecule has 3 heterocycles. The van der Waals surface area contributed by atoms with E-state index in [1.807, 2.05) is 0 Å². The quantitative estimate of drug-likeness (QED) is 0.656. The molecular formula is C20H18ClN5O3. The lowest BCUT2D eigenvalue weighted by Gasteiger charge is -2.34. The summed E-state index contributed by atoms with van der Waals surface area (Å²) in [5.74, 6) is 0.121. The normalized spacial score (nSPS) is 16.9. The van der Waals surface area contributed by atoms with Crippen LogP contribution in [-0.2, 0) is 12.1 Å². The van der Waals surface area contributed by atoms with Crippen molar-refractivity contribution in [2.24, 2.45) is 5.73 Å². The van der Waals surface area contributed by atoms with Gasteiger partial charge in [0.25, 0.3) is 17.7 Å². The van der Waals surface area contributed by atoms with Crippen molar-refractivity contribution in [2.75, 3.05) is 0 Å². The molecular weight excluding hydrogens is 394 g/mol. The van der Waals surface area contributed by atoms with Crippen molar-refractivity contribution < 1.29 is 14.1 Å². The van der Waals surface area contributed by atoms with Crippen molar-refractivity contribution >= 4 is 24.2 Å². The van der Waals surface area contributed by atoms with Gasteiger partial charge in [0.2, 0.25) is 0 Å². The molecule has 2 N–H and O–H groups in total. The maximum atomic E-state index is 12.8. The SMILES string of the molecule is Cl.NC1(c2noc(-c3ccc4c(c3)C(=O)N(Cc3ccncc3)C4=O)n2)CCC1. The van der Waals surface area contributed by atoms with Gasteiger partial charge in [0.05, 0.1) is 23.2 Å². The molecule has 0 atom stereocenters. The lowest BCUT2D eigenvalue weighted by molar-refractivity contribution is 0.0642. The van der Waals surface area contributed by atoms with E-state index >= 15 is 0 Å². The number of pyridine rings is 1. The Kier molecular flexibility index (Phi) is 4.68. The van der Waals surface area contributed by atoms with Gasteiger partial charge >= 0.3 is 0 Å². The van der Waals surface area contributed by atoms with Crippen molar-refractivity contribution in [3.8, 4) is 11.5 Å². The molecule has 2 amide bonds. The highest BCUT2D eigenvalue weighted by Gasteiger charge is 2.39. The van der Waals surface area contributed by atoms with E-state index in [9.17, 15) is 9.59 Å². The summed E-state index contributed by atoms with van der Waals surface area (Å²) in [6, 6.07) is 8.52. The number of nitrogens with two attached hydrogens (primary N) is 1. The van der Waals surface area contributed by atoms with Crippen molar-refractivity contribution in [1.29, 1.82) is 0 Å². The number of hydrogen-bond acceptors (Lipinski definition) is 7. The molecule has 0 bridgehead atoms. The molecule has 1 saturated carbocycles. The highest BCUT2D eigenvalue weighted by atomic mass is 35.5. The van der Waals surface area contributed by atoms with Gasteiger partial charge in [-0.15, -0.1) is 12.4 Å². The minimum Gasteiger partial charge on any atom is -0.334 e. The molecule has 29 heavy (non-hydrogen) atoms. The second-order valence-corrected chi connectivity index (χ2v) is 7.25. The van der Waals surface area contributed by atoms with Crippen molar-refractivity contribution in [2.45, 2.75) is 31.3 Å². The fraction of sp³-hybridized carbons (Fsp3) is 0.250. The van der Waals surface area contributed by atoms with Crippen LogP contribution in [0.2, 0.25) is 0 Å². The second-order valence-electron chi connectivity index (χ2n) is 7.25. The first-order valence-electron chi connectivity index (χ1n) is 9.08. The number of nitrogens with zero attached hydrogens (tertiary/aromatic N) is 4. The third-order valence-corrected chi connectivity index (χ3v) is 5.42. The van der Waals surface area contributed by atoms with Crippen molar-refractivity contribution in [3.63, 3.8) is 0 Å². The number of benzene rings is 1.